The maximum absolute atomic E-state index is 10.4. The number of hydrogen-bond donors (Lipinski definition) is 1. The van der Waals surface area contributed by atoms with Gasteiger partial charge in [-0.15, -0.1) is 0 Å². The molecule has 1 atom stereocenters. The van der Waals surface area contributed by atoms with Gasteiger partial charge in [0.1, 0.15) is 18.1 Å². The van der Waals surface area contributed by atoms with E-state index in [4.69, 9.17) is 14.5 Å². The van der Waals surface area contributed by atoms with Crippen molar-refractivity contribution in [3.63, 3.8) is 0 Å². The van der Waals surface area contributed by atoms with Gasteiger partial charge in [-0.25, -0.2) is 0 Å². The van der Waals surface area contributed by atoms with Crippen LogP contribution in [0.3, 0.4) is 0 Å². The van der Waals surface area contributed by atoms with Gasteiger partial charge < -0.3 is 14.6 Å². The van der Waals surface area contributed by atoms with Gasteiger partial charge in [0.15, 0.2) is 0 Å². The zero-order valence-corrected chi connectivity index (χ0v) is 19.6. The number of ether oxygens (including phenoxy) is 2. The van der Waals surface area contributed by atoms with Crippen LogP contribution in [-0.2, 0) is 12.0 Å². The quantitative estimate of drug-likeness (QED) is 0.509. The van der Waals surface area contributed by atoms with Gasteiger partial charge in [0.05, 0.1) is 18.9 Å². The molecule has 31 heavy (non-hydrogen) atoms. The second-order valence-electron chi connectivity index (χ2n) is 9.10. The predicted molar refractivity (Wildman–Crippen MR) is 126 cm³/mol. The Morgan fingerprint density at radius 3 is 2.23 bits per heavy atom. The highest BCUT2D eigenvalue weighted by molar-refractivity contribution is 5.67. The Hall–Kier alpha value is -2.85. The molecule has 0 saturated carbocycles. The maximum atomic E-state index is 10.4. The lowest BCUT2D eigenvalue weighted by molar-refractivity contribution is 0.188. The number of aromatic nitrogens is 1. The summed E-state index contributed by atoms with van der Waals surface area (Å²) < 4.78 is 11.4. The third kappa shape index (κ3) is 5.26. The van der Waals surface area contributed by atoms with Gasteiger partial charge in [-0.1, -0.05) is 51.1 Å². The normalized spacial score (nSPS) is 12.5. The van der Waals surface area contributed by atoms with Crippen LogP contribution in [0, 0.1) is 13.8 Å². The lowest BCUT2D eigenvalue weighted by Crippen LogP contribution is -2.11. The van der Waals surface area contributed by atoms with Crippen LogP contribution >= 0.6 is 0 Å². The van der Waals surface area contributed by atoms with Crippen molar-refractivity contribution in [1.82, 2.24) is 4.98 Å². The minimum atomic E-state index is -0.670. The van der Waals surface area contributed by atoms with Crippen molar-refractivity contribution in [1.29, 1.82) is 0 Å². The van der Waals surface area contributed by atoms with Crippen LogP contribution in [0.2, 0.25) is 0 Å². The number of aliphatic hydroxyl groups is 1. The molecule has 0 aliphatic rings. The molecule has 0 aliphatic carbocycles. The first-order valence-corrected chi connectivity index (χ1v) is 10.7. The van der Waals surface area contributed by atoms with E-state index in [9.17, 15) is 5.11 Å². The Balaban J connectivity index is 1.97. The predicted octanol–water partition coefficient (Wildman–Crippen LogP) is 6.30. The van der Waals surface area contributed by atoms with E-state index in [1.807, 2.05) is 37.3 Å². The van der Waals surface area contributed by atoms with Gasteiger partial charge in [-0.05, 0) is 55.0 Å². The highest BCUT2D eigenvalue weighted by Crippen LogP contribution is 2.35. The van der Waals surface area contributed by atoms with Crippen molar-refractivity contribution in [3.8, 4) is 22.8 Å². The fourth-order valence-corrected chi connectivity index (χ4v) is 3.72. The fraction of sp³-hybridized carbons (Fsp3) is 0.370. The molecule has 2 aromatic carbocycles. The van der Waals surface area contributed by atoms with Crippen LogP contribution in [0.25, 0.3) is 11.3 Å². The average molecular weight is 420 g/mol. The van der Waals surface area contributed by atoms with Crippen LogP contribution in [0.4, 0.5) is 0 Å². The van der Waals surface area contributed by atoms with Gasteiger partial charge >= 0.3 is 0 Å². The van der Waals surface area contributed by atoms with E-state index in [1.165, 1.54) is 11.1 Å². The molecule has 0 saturated heterocycles. The van der Waals surface area contributed by atoms with Gasteiger partial charge in [0.25, 0.3) is 0 Å². The van der Waals surface area contributed by atoms with Crippen LogP contribution in [0.15, 0.2) is 48.5 Å². The average Bonchev–Trinajstić information content (AvgIpc) is 2.71. The summed E-state index contributed by atoms with van der Waals surface area (Å²) in [7, 11) is 1.65. The molecule has 0 bridgehead atoms. The lowest BCUT2D eigenvalue weighted by atomic mass is 9.85. The van der Waals surface area contributed by atoms with E-state index in [-0.39, 0.29) is 5.41 Å². The van der Waals surface area contributed by atoms with Crippen molar-refractivity contribution in [2.24, 2.45) is 0 Å². The second-order valence-corrected chi connectivity index (χ2v) is 9.10. The van der Waals surface area contributed by atoms with Crippen molar-refractivity contribution < 1.29 is 14.6 Å². The summed E-state index contributed by atoms with van der Waals surface area (Å²) in [6.45, 7) is 12.8. The number of hydrogen-bond acceptors (Lipinski definition) is 4. The third-order valence-corrected chi connectivity index (χ3v) is 5.55. The molecule has 4 heteroatoms. The molecule has 0 aliphatic heterocycles. The molecular weight excluding hydrogens is 386 g/mol. The topological polar surface area (TPSA) is 51.6 Å². The van der Waals surface area contributed by atoms with Gasteiger partial charge in [0.2, 0.25) is 0 Å². The summed E-state index contributed by atoms with van der Waals surface area (Å²) in [6, 6.07) is 16.3. The zero-order chi connectivity index (χ0) is 22.8. The summed E-state index contributed by atoms with van der Waals surface area (Å²) in [5, 5.41) is 10.4. The molecule has 1 unspecified atom stereocenters. The number of methoxy groups -OCH3 is 1. The van der Waals surface area contributed by atoms with E-state index in [1.54, 1.807) is 14.0 Å². The largest absolute Gasteiger partial charge is 0.497 e. The summed E-state index contributed by atoms with van der Waals surface area (Å²) in [5.41, 5.74) is 7.01. The van der Waals surface area contributed by atoms with Crippen molar-refractivity contribution in [3.05, 3.63) is 76.5 Å². The van der Waals surface area contributed by atoms with E-state index < -0.39 is 6.10 Å². The zero-order valence-electron chi connectivity index (χ0n) is 19.6. The Labute approximate surface area is 185 Å². The number of rotatable bonds is 6. The van der Waals surface area contributed by atoms with Gasteiger partial charge in [0, 0.05) is 22.9 Å². The summed E-state index contributed by atoms with van der Waals surface area (Å²) in [4.78, 5) is 4.80. The minimum Gasteiger partial charge on any atom is -0.497 e. The Morgan fingerprint density at radius 1 is 1.00 bits per heavy atom. The second kappa shape index (κ2) is 9.11. The molecule has 164 valence electrons. The number of aryl methyl sites for hydroxylation is 2. The Bertz CT molecular complexity index is 1050. The van der Waals surface area contributed by atoms with Crippen LogP contribution in [-0.4, -0.2) is 17.2 Å². The van der Waals surface area contributed by atoms with Crippen LogP contribution in [0.5, 0.6) is 11.5 Å². The first-order chi connectivity index (χ1) is 14.6. The highest BCUT2D eigenvalue weighted by atomic mass is 16.5. The summed E-state index contributed by atoms with van der Waals surface area (Å²) >= 11 is 0. The molecular formula is C27H33NO3. The van der Waals surface area contributed by atoms with Gasteiger partial charge in [-0.2, -0.15) is 0 Å². The molecule has 4 nitrogen and oxygen atoms in total. The lowest BCUT2D eigenvalue weighted by Gasteiger charge is -2.21. The number of aliphatic hydroxyl groups excluding tert-OH is 1. The highest BCUT2D eigenvalue weighted by Gasteiger charge is 2.19. The molecule has 1 N–H and O–H groups in total. The van der Waals surface area contributed by atoms with Crippen molar-refractivity contribution in [2.75, 3.05) is 7.11 Å². The van der Waals surface area contributed by atoms with E-state index in [0.29, 0.717) is 12.4 Å². The fourth-order valence-electron chi connectivity index (χ4n) is 3.72. The summed E-state index contributed by atoms with van der Waals surface area (Å²) in [5.74, 6) is 1.47. The van der Waals surface area contributed by atoms with E-state index in [0.717, 1.165) is 33.8 Å². The summed E-state index contributed by atoms with van der Waals surface area (Å²) in [6.07, 6.45) is -0.670. The number of nitrogens with zero attached hydrogens (tertiary/aromatic N) is 1. The first kappa shape index (κ1) is 22.8. The van der Waals surface area contributed by atoms with Crippen molar-refractivity contribution in [2.45, 2.75) is 59.7 Å². The number of benzene rings is 2. The molecule has 3 rings (SSSR count). The molecule has 3 aromatic rings. The first-order valence-electron chi connectivity index (χ1n) is 10.7. The smallest absolute Gasteiger partial charge is 0.129 e. The van der Waals surface area contributed by atoms with Crippen LogP contribution in [0.1, 0.15) is 61.7 Å². The molecule has 0 fully saturated rings. The van der Waals surface area contributed by atoms with E-state index in [2.05, 4.69) is 45.9 Å². The molecule has 0 amide bonds. The molecule has 0 radical (unpaired) electrons. The molecule has 1 heterocycles. The molecule has 0 spiro atoms. The van der Waals surface area contributed by atoms with Crippen molar-refractivity contribution >= 4 is 0 Å². The van der Waals surface area contributed by atoms with Gasteiger partial charge in [-0.3, -0.25) is 4.98 Å². The van der Waals surface area contributed by atoms with E-state index >= 15 is 0 Å². The minimum absolute atomic E-state index is 0.0927. The third-order valence-electron chi connectivity index (χ3n) is 5.55. The molecule has 1 aromatic heterocycles. The monoisotopic (exact) mass is 419 g/mol. The van der Waals surface area contributed by atoms with Crippen LogP contribution < -0.4 is 9.47 Å². The Kier molecular flexibility index (Phi) is 6.71. The Morgan fingerprint density at radius 2 is 1.68 bits per heavy atom. The SMILES string of the molecule is COc1ccc(COc2cc(-c3ccc(C(C)(C)C)cc3C)nc(C)c2C(C)O)cc1. The number of pyridine rings is 1. The standard InChI is InChI=1S/C27H33NO3/c1-17-14-21(27(4,5)6)10-13-23(17)24-15-25(26(19(3)29)18(2)28-24)31-16-20-8-11-22(30-7)12-9-20/h8-15,19,29H,16H2,1-7H3. The maximum Gasteiger partial charge on any atom is 0.129 e.